The van der Waals surface area contributed by atoms with Gasteiger partial charge < -0.3 is 19.7 Å². The molecule has 1 aromatic carbocycles. The van der Waals surface area contributed by atoms with Gasteiger partial charge >= 0.3 is 6.18 Å². The molecule has 1 aliphatic rings. The zero-order chi connectivity index (χ0) is 24.1. The van der Waals surface area contributed by atoms with Gasteiger partial charge in [0.15, 0.2) is 11.3 Å². The molecule has 13 heteroatoms. The van der Waals surface area contributed by atoms with Crippen molar-refractivity contribution in [3.63, 3.8) is 0 Å². The van der Waals surface area contributed by atoms with Crippen molar-refractivity contribution in [1.82, 2.24) is 19.7 Å². The minimum atomic E-state index is -4.73. The summed E-state index contributed by atoms with van der Waals surface area (Å²) in [6.45, 7) is 2.79. The molecule has 3 N–H and O–H groups in total. The number of benzene rings is 1. The number of amides is 1. The van der Waals surface area contributed by atoms with Crippen LogP contribution in [0.25, 0.3) is 11.3 Å². The summed E-state index contributed by atoms with van der Waals surface area (Å²) in [5.41, 5.74) is -0.0760. The summed E-state index contributed by atoms with van der Waals surface area (Å²) >= 11 is 5.90. The molecule has 1 unspecified atom stereocenters. The lowest BCUT2D eigenvalue weighted by Crippen LogP contribution is -2.32. The monoisotopic (exact) mass is 487 g/mol. The second-order valence-electron chi connectivity index (χ2n) is 7.58. The Morgan fingerprint density at radius 2 is 2.15 bits per heavy atom. The third kappa shape index (κ3) is 4.40. The van der Waals surface area contributed by atoms with Crippen molar-refractivity contribution >= 4 is 23.2 Å². The summed E-state index contributed by atoms with van der Waals surface area (Å²) in [6, 6.07) is 1.76. The number of alkyl halides is 3. The second kappa shape index (κ2) is 8.34. The van der Waals surface area contributed by atoms with Crippen molar-refractivity contribution in [2.75, 3.05) is 5.32 Å². The summed E-state index contributed by atoms with van der Waals surface area (Å²) in [4.78, 5) is 17.0. The topological polar surface area (TPSA) is 105 Å². The largest absolute Gasteiger partial charge is 0.480 e. The van der Waals surface area contributed by atoms with Gasteiger partial charge in [0.05, 0.1) is 17.0 Å². The first kappa shape index (κ1) is 23.1. The molecule has 3 aromatic rings. The van der Waals surface area contributed by atoms with Gasteiger partial charge in [-0.2, -0.15) is 18.3 Å². The standard InChI is InChI=1S/C20H18ClF4N5O3/c1-8-16(17(21)29-28-8)27-19(32)11-5-12(22)10(6-15(11)33-9(2)20(23,24)25)13-7-30-4-3-14(31)18(30)26-13/h5-7,9,14,31H,3-4H2,1-2H3,(H,27,32)(H,28,29)/t9?,14-/m0/s1. The Bertz CT molecular complexity index is 1200. The fourth-order valence-electron chi connectivity index (χ4n) is 3.40. The maximum atomic E-state index is 15.0. The number of aromatic amines is 1. The van der Waals surface area contributed by atoms with Gasteiger partial charge in [0.1, 0.15) is 29.2 Å². The summed E-state index contributed by atoms with van der Waals surface area (Å²) in [5.74, 6) is -2.03. The number of aryl methyl sites for hydroxylation is 2. The van der Waals surface area contributed by atoms with Gasteiger partial charge in [-0.15, -0.1) is 0 Å². The maximum absolute atomic E-state index is 15.0. The first-order valence-corrected chi connectivity index (χ1v) is 10.2. The number of fused-ring (bicyclic) bond motifs is 1. The highest BCUT2D eigenvalue weighted by Gasteiger charge is 2.39. The predicted molar refractivity (Wildman–Crippen MR) is 110 cm³/mol. The van der Waals surface area contributed by atoms with E-state index in [4.69, 9.17) is 16.3 Å². The molecule has 0 radical (unpaired) electrons. The van der Waals surface area contributed by atoms with Crippen LogP contribution in [0.4, 0.5) is 23.2 Å². The molecule has 2 aromatic heterocycles. The average Bonchev–Trinajstić information content (AvgIpc) is 3.40. The number of imidazole rings is 1. The molecule has 1 amide bonds. The van der Waals surface area contributed by atoms with E-state index in [9.17, 15) is 23.1 Å². The Kier molecular flexibility index (Phi) is 5.83. The van der Waals surface area contributed by atoms with E-state index in [1.165, 1.54) is 6.20 Å². The van der Waals surface area contributed by atoms with Crippen molar-refractivity contribution in [3.05, 3.63) is 46.4 Å². The Morgan fingerprint density at radius 1 is 1.42 bits per heavy atom. The van der Waals surface area contributed by atoms with Gasteiger partial charge in [-0.25, -0.2) is 9.37 Å². The van der Waals surface area contributed by atoms with Crippen LogP contribution in [0.15, 0.2) is 18.3 Å². The van der Waals surface area contributed by atoms with Gasteiger partial charge in [0.2, 0.25) is 0 Å². The van der Waals surface area contributed by atoms with Crippen LogP contribution in [0, 0.1) is 12.7 Å². The zero-order valence-electron chi connectivity index (χ0n) is 17.3. The second-order valence-corrected chi connectivity index (χ2v) is 7.94. The van der Waals surface area contributed by atoms with Crippen molar-refractivity contribution in [3.8, 4) is 17.0 Å². The molecule has 0 aliphatic carbocycles. The number of hydrogen-bond donors (Lipinski definition) is 3. The van der Waals surface area contributed by atoms with Crippen molar-refractivity contribution in [2.24, 2.45) is 0 Å². The number of carbonyl (C=O) groups excluding carboxylic acids is 1. The fraction of sp³-hybridized carbons (Fsp3) is 0.350. The predicted octanol–water partition coefficient (Wildman–Crippen LogP) is 4.39. The highest BCUT2D eigenvalue weighted by Crippen LogP contribution is 2.36. The average molecular weight is 488 g/mol. The quantitative estimate of drug-likeness (QED) is 0.463. The van der Waals surface area contributed by atoms with Gasteiger partial charge in [-0.1, -0.05) is 11.6 Å². The highest BCUT2D eigenvalue weighted by atomic mass is 35.5. The smallest absolute Gasteiger partial charge is 0.425 e. The number of hydrogen-bond acceptors (Lipinski definition) is 5. The first-order valence-electron chi connectivity index (χ1n) is 9.80. The van der Waals surface area contributed by atoms with E-state index >= 15 is 4.39 Å². The molecule has 0 fully saturated rings. The normalized spacial score (nSPS) is 16.5. The van der Waals surface area contributed by atoms with Crippen LogP contribution in [0.2, 0.25) is 5.15 Å². The molecule has 0 saturated carbocycles. The number of carbonyl (C=O) groups is 1. The molecule has 8 nitrogen and oxygen atoms in total. The summed E-state index contributed by atoms with van der Waals surface area (Å²) in [7, 11) is 0. The zero-order valence-corrected chi connectivity index (χ0v) is 18.1. The van der Waals surface area contributed by atoms with E-state index in [1.54, 1.807) is 11.5 Å². The number of halogens is 5. The molecule has 33 heavy (non-hydrogen) atoms. The Morgan fingerprint density at radius 3 is 2.76 bits per heavy atom. The molecule has 0 bridgehead atoms. The number of rotatable bonds is 5. The molecule has 0 spiro atoms. The number of aliphatic hydroxyl groups is 1. The van der Waals surface area contributed by atoms with E-state index < -0.39 is 41.4 Å². The molecule has 0 saturated heterocycles. The number of aromatic nitrogens is 4. The minimum Gasteiger partial charge on any atom is -0.480 e. The van der Waals surface area contributed by atoms with Gasteiger partial charge in [0.25, 0.3) is 5.91 Å². The summed E-state index contributed by atoms with van der Waals surface area (Å²) in [6.07, 6.45) is -5.90. The van der Waals surface area contributed by atoms with Crippen LogP contribution in [-0.2, 0) is 6.54 Å². The van der Waals surface area contributed by atoms with Crippen LogP contribution in [0.3, 0.4) is 0 Å². The Labute approximate surface area is 189 Å². The van der Waals surface area contributed by atoms with Crippen LogP contribution >= 0.6 is 11.6 Å². The van der Waals surface area contributed by atoms with E-state index in [-0.39, 0.29) is 22.1 Å². The van der Waals surface area contributed by atoms with Gasteiger partial charge in [0, 0.05) is 18.3 Å². The lowest BCUT2D eigenvalue weighted by molar-refractivity contribution is -0.189. The number of aliphatic hydroxyl groups excluding tert-OH is 1. The molecule has 1 aliphatic heterocycles. The van der Waals surface area contributed by atoms with Crippen molar-refractivity contribution < 1.29 is 32.2 Å². The lowest BCUT2D eigenvalue weighted by Gasteiger charge is -2.20. The summed E-state index contributed by atoms with van der Waals surface area (Å²) < 4.78 is 61.2. The lowest BCUT2D eigenvalue weighted by atomic mass is 10.1. The molecule has 176 valence electrons. The molecule has 4 rings (SSSR count). The number of H-pyrrole nitrogens is 1. The number of nitrogens with one attached hydrogen (secondary N) is 2. The van der Waals surface area contributed by atoms with Crippen LogP contribution in [0.5, 0.6) is 5.75 Å². The van der Waals surface area contributed by atoms with Crippen LogP contribution in [-0.4, -0.2) is 43.0 Å². The molecule has 3 heterocycles. The van der Waals surface area contributed by atoms with E-state index in [1.807, 2.05) is 0 Å². The van der Waals surface area contributed by atoms with Gasteiger partial charge in [-0.3, -0.25) is 9.89 Å². The number of nitrogens with zero attached hydrogens (tertiary/aromatic N) is 3. The minimum absolute atomic E-state index is 0.0739. The Hall–Kier alpha value is -3.12. The van der Waals surface area contributed by atoms with E-state index in [0.717, 1.165) is 19.1 Å². The van der Waals surface area contributed by atoms with Gasteiger partial charge in [-0.05, 0) is 32.4 Å². The van der Waals surface area contributed by atoms with E-state index in [2.05, 4.69) is 20.5 Å². The van der Waals surface area contributed by atoms with Crippen LogP contribution < -0.4 is 10.1 Å². The third-order valence-electron chi connectivity index (χ3n) is 5.25. The Balaban J connectivity index is 1.76. The summed E-state index contributed by atoms with van der Waals surface area (Å²) in [5, 5.41) is 18.5. The maximum Gasteiger partial charge on any atom is 0.425 e. The first-order chi connectivity index (χ1) is 15.5. The molecular weight excluding hydrogens is 470 g/mol. The highest BCUT2D eigenvalue weighted by molar-refractivity contribution is 6.33. The van der Waals surface area contributed by atoms with Crippen LogP contribution in [0.1, 0.15) is 41.3 Å². The molecule has 2 atom stereocenters. The van der Waals surface area contributed by atoms with Crippen molar-refractivity contribution in [2.45, 2.75) is 45.2 Å². The number of anilines is 1. The third-order valence-corrected chi connectivity index (χ3v) is 5.52. The molecular formula is C20H18ClF4N5O3. The number of ether oxygens (including phenoxy) is 1. The van der Waals surface area contributed by atoms with E-state index in [0.29, 0.717) is 24.5 Å². The fourth-order valence-corrected chi connectivity index (χ4v) is 3.63. The SMILES string of the molecule is Cc1[nH]nc(Cl)c1NC(=O)c1cc(F)c(-c2cn3c(n2)[C@@H](O)CC3)cc1OC(C)C(F)(F)F. The van der Waals surface area contributed by atoms with Crippen molar-refractivity contribution in [1.29, 1.82) is 0 Å².